The number of ether oxygens (including phenoxy) is 1. The number of para-hydroxylation sites is 3. The fourth-order valence-electron chi connectivity index (χ4n) is 2.77. The Morgan fingerprint density at radius 2 is 1.94 bits per heavy atom. The number of hydrogen-bond donors (Lipinski definition) is 1. The highest BCUT2D eigenvalue weighted by Crippen LogP contribution is 2.23. The van der Waals surface area contributed by atoms with Crippen LogP contribution < -0.4 is 5.32 Å². The minimum Gasteiger partial charge on any atom is -0.459 e. The number of esters is 1. The van der Waals surface area contributed by atoms with Crippen LogP contribution in [0.15, 0.2) is 63.6 Å². The molecule has 0 radical (unpaired) electrons. The second-order valence-electron chi connectivity index (χ2n) is 6.67. The van der Waals surface area contributed by atoms with Gasteiger partial charge in [0.15, 0.2) is 5.58 Å². The number of thiazole rings is 1. The number of carbonyl (C=O) groups excluding carboxylic acids is 2. The number of oxazole rings is 1. The smallest absolute Gasteiger partial charge is 0.316 e. The van der Waals surface area contributed by atoms with Crippen LogP contribution in [0, 0.1) is 6.92 Å². The Bertz CT molecular complexity index is 1190. The zero-order valence-electron chi connectivity index (χ0n) is 16.7. The maximum atomic E-state index is 12.2. The maximum absolute atomic E-state index is 12.2. The van der Waals surface area contributed by atoms with E-state index in [-0.39, 0.29) is 30.7 Å². The molecule has 0 spiro atoms. The monoisotopic (exact) mass is 453 g/mol. The van der Waals surface area contributed by atoms with Crippen LogP contribution in [-0.4, -0.2) is 27.6 Å². The van der Waals surface area contributed by atoms with Gasteiger partial charge in [0.1, 0.15) is 22.9 Å². The molecule has 7 nitrogen and oxygen atoms in total. The molecule has 0 saturated carbocycles. The van der Waals surface area contributed by atoms with Crippen LogP contribution in [0.1, 0.15) is 16.3 Å². The lowest BCUT2D eigenvalue weighted by Crippen LogP contribution is -2.15. The van der Waals surface area contributed by atoms with Gasteiger partial charge in [-0.15, -0.1) is 11.3 Å². The number of hydrogen-bond acceptors (Lipinski definition) is 8. The summed E-state index contributed by atoms with van der Waals surface area (Å²) in [4.78, 5) is 33.0. The Labute approximate surface area is 186 Å². The van der Waals surface area contributed by atoms with Crippen molar-refractivity contribution in [1.82, 2.24) is 9.97 Å². The molecule has 2 aromatic carbocycles. The van der Waals surface area contributed by atoms with Crippen molar-refractivity contribution in [2.75, 3.05) is 11.1 Å². The number of amides is 1. The Morgan fingerprint density at radius 3 is 2.77 bits per heavy atom. The molecule has 1 amide bonds. The minimum atomic E-state index is -0.390. The van der Waals surface area contributed by atoms with Crippen LogP contribution in [-0.2, 0) is 27.4 Å². The third-order valence-electron chi connectivity index (χ3n) is 4.30. The van der Waals surface area contributed by atoms with E-state index in [1.807, 2.05) is 55.5 Å². The fourth-order valence-corrected chi connectivity index (χ4v) is 4.18. The lowest BCUT2D eigenvalue weighted by Gasteiger charge is -2.06. The van der Waals surface area contributed by atoms with E-state index in [1.165, 1.54) is 23.1 Å². The molecule has 4 rings (SSSR count). The molecule has 0 fully saturated rings. The van der Waals surface area contributed by atoms with Gasteiger partial charge >= 0.3 is 5.97 Å². The molecular weight excluding hydrogens is 434 g/mol. The zero-order chi connectivity index (χ0) is 21.6. The molecule has 0 saturated heterocycles. The first-order chi connectivity index (χ1) is 15.1. The summed E-state index contributed by atoms with van der Waals surface area (Å²) in [6, 6.07) is 15.0. The number of aryl methyl sites for hydroxylation is 1. The lowest BCUT2D eigenvalue weighted by atomic mass is 10.2. The maximum Gasteiger partial charge on any atom is 0.316 e. The van der Waals surface area contributed by atoms with E-state index < -0.39 is 0 Å². The van der Waals surface area contributed by atoms with Crippen molar-refractivity contribution in [3.05, 3.63) is 70.2 Å². The van der Waals surface area contributed by atoms with Gasteiger partial charge in [0.05, 0.1) is 12.1 Å². The number of benzene rings is 2. The van der Waals surface area contributed by atoms with E-state index in [0.29, 0.717) is 21.5 Å². The standard InChI is InChI=1S/C22H19N3O4S2/c1-14-6-2-3-7-16(14)24-19(26)10-20-23-15(12-30-20)11-28-21(27)13-31-22-25-17-8-4-5-9-18(17)29-22/h2-9,12H,10-11,13H2,1H3,(H,24,26). The molecule has 0 aliphatic rings. The predicted octanol–water partition coefficient (Wildman–Crippen LogP) is 4.61. The summed E-state index contributed by atoms with van der Waals surface area (Å²) >= 11 is 2.55. The van der Waals surface area contributed by atoms with Gasteiger partial charge in [-0.25, -0.2) is 9.97 Å². The van der Waals surface area contributed by atoms with Crippen LogP contribution in [0.2, 0.25) is 0 Å². The van der Waals surface area contributed by atoms with Crippen LogP contribution in [0.3, 0.4) is 0 Å². The van der Waals surface area contributed by atoms with Crippen molar-refractivity contribution in [3.63, 3.8) is 0 Å². The fraction of sp³-hybridized carbons (Fsp3) is 0.182. The molecule has 0 unspecified atom stereocenters. The van der Waals surface area contributed by atoms with Crippen LogP contribution >= 0.6 is 23.1 Å². The van der Waals surface area contributed by atoms with Gasteiger partial charge in [0, 0.05) is 11.1 Å². The molecule has 2 heterocycles. The average molecular weight is 454 g/mol. The summed E-state index contributed by atoms with van der Waals surface area (Å²) in [6.45, 7) is 2.00. The van der Waals surface area contributed by atoms with E-state index in [9.17, 15) is 9.59 Å². The van der Waals surface area contributed by atoms with E-state index in [2.05, 4.69) is 15.3 Å². The average Bonchev–Trinajstić information content (AvgIpc) is 3.38. The van der Waals surface area contributed by atoms with E-state index in [1.54, 1.807) is 5.38 Å². The highest BCUT2D eigenvalue weighted by atomic mass is 32.2. The summed E-state index contributed by atoms with van der Waals surface area (Å²) in [5.74, 6) is -0.441. The Kier molecular flexibility index (Phi) is 6.63. The van der Waals surface area contributed by atoms with Crippen molar-refractivity contribution in [3.8, 4) is 0 Å². The lowest BCUT2D eigenvalue weighted by molar-refractivity contribution is -0.141. The Hall–Kier alpha value is -3.17. The molecule has 158 valence electrons. The summed E-state index contributed by atoms with van der Waals surface area (Å²) in [6.07, 6.45) is 0.167. The molecule has 0 aliphatic heterocycles. The highest BCUT2D eigenvalue weighted by molar-refractivity contribution is 7.99. The molecule has 4 aromatic rings. The molecule has 1 N–H and O–H groups in total. The minimum absolute atomic E-state index is 0.0584. The van der Waals surface area contributed by atoms with Gasteiger partial charge in [0.25, 0.3) is 5.22 Å². The van der Waals surface area contributed by atoms with Crippen LogP contribution in [0.4, 0.5) is 5.69 Å². The van der Waals surface area contributed by atoms with Crippen molar-refractivity contribution in [2.45, 2.75) is 25.2 Å². The van der Waals surface area contributed by atoms with Gasteiger partial charge < -0.3 is 14.5 Å². The molecule has 9 heteroatoms. The normalized spacial score (nSPS) is 10.9. The highest BCUT2D eigenvalue weighted by Gasteiger charge is 2.13. The number of nitrogens with zero attached hydrogens (tertiary/aromatic N) is 2. The Balaban J connectivity index is 1.22. The first-order valence-corrected chi connectivity index (χ1v) is 11.4. The summed E-state index contributed by atoms with van der Waals surface area (Å²) in [7, 11) is 0. The van der Waals surface area contributed by atoms with Crippen molar-refractivity contribution in [2.24, 2.45) is 0 Å². The van der Waals surface area contributed by atoms with Gasteiger partial charge in [-0.05, 0) is 30.7 Å². The number of nitrogens with one attached hydrogen (secondary N) is 1. The third-order valence-corrected chi connectivity index (χ3v) is 6.00. The number of aromatic nitrogens is 2. The van der Waals surface area contributed by atoms with Gasteiger partial charge in [0.2, 0.25) is 5.91 Å². The predicted molar refractivity (Wildman–Crippen MR) is 120 cm³/mol. The molecular formula is C22H19N3O4S2. The van der Waals surface area contributed by atoms with E-state index >= 15 is 0 Å². The third kappa shape index (κ3) is 5.71. The molecule has 31 heavy (non-hydrogen) atoms. The topological polar surface area (TPSA) is 94.3 Å². The number of carbonyl (C=O) groups is 2. The number of anilines is 1. The summed E-state index contributed by atoms with van der Waals surface area (Å²) < 4.78 is 10.8. The largest absolute Gasteiger partial charge is 0.459 e. The molecule has 0 atom stereocenters. The van der Waals surface area contributed by atoms with E-state index in [0.717, 1.165) is 16.8 Å². The Morgan fingerprint density at radius 1 is 1.13 bits per heavy atom. The van der Waals surface area contributed by atoms with Crippen molar-refractivity contribution < 1.29 is 18.7 Å². The summed E-state index contributed by atoms with van der Waals surface area (Å²) in [5, 5.41) is 5.76. The van der Waals surface area contributed by atoms with Crippen molar-refractivity contribution in [1.29, 1.82) is 0 Å². The second kappa shape index (κ2) is 9.76. The number of fused-ring (bicyclic) bond motifs is 1. The van der Waals surface area contributed by atoms with Gasteiger partial charge in [-0.3, -0.25) is 9.59 Å². The van der Waals surface area contributed by atoms with Crippen molar-refractivity contribution >= 4 is 51.8 Å². The first kappa shape index (κ1) is 21.1. The SMILES string of the molecule is Cc1ccccc1NC(=O)Cc1nc(COC(=O)CSc2nc3ccccc3o2)cs1. The van der Waals surface area contributed by atoms with Gasteiger partial charge in [-0.2, -0.15) is 0 Å². The van der Waals surface area contributed by atoms with Crippen LogP contribution in [0.25, 0.3) is 11.1 Å². The second-order valence-corrected chi connectivity index (χ2v) is 8.54. The number of thioether (sulfide) groups is 1. The molecule has 0 aliphatic carbocycles. The quantitative estimate of drug-likeness (QED) is 0.307. The molecule has 0 bridgehead atoms. The first-order valence-electron chi connectivity index (χ1n) is 9.49. The summed E-state index contributed by atoms with van der Waals surface area (Å²) in [5.41, 5.74) is 3.83. The zero-order valence-corrected chi connectivity index (χ0v) is 18.3. The van der Waals surface area contributed by atoms with E-state index in [4.69, 9.17) is 9.15 Å². The van der Waals surface area contributed by atoms with Gasteiger partial charge in [-0.1, -0.05) is 42.1 Å². The number of rotatable bonds is 8. The van der Waals surface area contributed by atoms with Crippen LogP contribution in [0.5, 0.6) is 0 Å². The molecule has 2 aromatic heterocycles.